The maximum atomic E-state index is 10.7. The van der Waals surface area contributed by atoms with E-state index < -0.39 is 12.0 Å². The Balaban J connectivity index is 2.14. The van der Waals surface area contributed by atoms with Crippen LogP contribution in [0.1, 0.15) is 10.9 Å². The highest BCUT2D eigenvalue weighted by Crippen LogP contribution is 2.36. The summed E-state index contributed by atoms with van der Waals surface area (Å²) in [7, 11) is 0. The van der Waals surface area contributed by atoms with Gasteiger partial charge < -0.3 is 10.2 Å². The molecule has 1 fully saturated rings. The summed E-state index contributed by atoms with van der Waals surface area (Å²) >= 11 is 1.49. The van der Waals surface area contributed by atoms with Gasteiger partial charge in [-0.3, -0.25) is 10.1 Å². The number of carbonyl (C=O) groups is 1. The highest BCUT2D eigenvalue weighted by atomic mass is 32.2. The van der Waals surface area contributed by atoms with Crippen molar-refractivity contribution in [1.82, 2.24) is 5.32 Å². The third-order valence-electron chi connectivity index (χ3n) is 2.30. The molecule has 1 aliphatic heterocycles. The molecule has 15 heavy (non-hydrogen) atoms. The number of thioether (sulfide) groups is 1. The predicted molar refractivity (Wildman–Crippen MR) is 57.9 cm³/mol. The highest BCUT2D eigenvalue weighted by Gasteiger charge is 2.31. The van der Waals surface area contributed by atoms with Crippen molar-refractivity contribution in [2.45, 2.75) is 11.4 Å². The Labute approximate surface area is 91.3 Å². The van der Waals surface area contributed by atoms with Crippen LogP contribution in [0.2, 0.25) is 0 Å². The Kier molecular flexibility index (Phi) is 2.83. The van der Waals surface area contributed by atoms with Crippen molar-refractivity contribution in [1.29, 1.82) is 0 Å². The summed E-state index contributed by atoms with van der Waals surface area (Å²) in [6.07, 6.45) is 0. The first-order valence-corrected chi connectivity index (χ1v) is 5.61. The standard InChI is InChI=1S/C10H11NO3S/c12-8-4-2-1-3-6(8)9-11-7(5-15-9)10(13)14/h1-4,7,9,11-12H,5H2,(H,13,14)/t7-,9?/m0/s1. The summed E-state index contributed by atoms with van der Waals surface area (Å²) in [5.41, 5.74) is 0.742. The molecule has 3 N–H and O–H groups in total. The SMILES string of the molecule is O=C(O)[C@@H]1CSC(c2ccccc2O)N1. The normalized spacial score (nSPS) is 25.3. The number of phenolic OH excluding ortho intramolecular Hbond substituents is 1. The molecule has 1 aromatic rings. The molecule has 0 amide bonds. The summed E-state index contributed by atoms with van der Waals surface area (Å²) < 4.78 is 0. The van der Waals surface area contributed by atoms with E-state index in [1.807, 2.05) is 6.07 Å². The quantitative estimate of drug-likeness (QED) is 0.705. The minimum Gasteiger partial charge on any atom is -0.508 e. The van der Waals surface area contributed by atoms with E-state index in [-0.39, 0.29) is 11.1 Å². The van der Waals surface area contributed by atoms with Crippen LogP contribution in [0.15, 0.2) is 24.3 Å². The second-order valence-electron chi connectivity index (χ2n) is 3.33. The van der Waals surface area contributed by atoms with Gasteiger partial charge in [0.1, 0.15) is 11.8 Å². The first kappa shape index (κ1) is 10.3. The van der Waals surface area contributed by atoms with Gasteiger partial charge in [-0.15, -0.1) is 11.8 Å². The molecular weight excluding hydrogens is 214 g/mol. The average molecular weight is 225 g/mol. The molecule has 2 atom stereocenters. The van der Waals surface area contributed by atoms with Gasteiger partial charge in [-0.2, -0.15) is 0 Å². The second kappa shape index (κ2) is 4.12. The van der Waals surface area contributed by atoms with E-state index in [4.69, 9.17) is 5.11 Å². The molecule has 5 heteroatoms. The molecule has 0 bridgehead atoms. The van der Waals surface area contributed by atoms with Gasteiger partial charge in [-0.05, 0) is 6.07 Å². The first-order valence-electron chi connectivity index (χ1n) is 4.57. The zero-order valence-electron chi connectivity index (χ0n) is 7.88. The number of hydrogen-bond donors (Lipinski definition) is 3. The summed E-state index contributed by atoms with van der Waals surface area (Å²) in [6.45, 7) is 0. The summed E-state index contributed by atoms with van der Waals surface area (Å²) in [5, 5.41) is 21.2. The largest absolute Gasteiger partial charge is 0.508 e. The molecule has 1 saturated heterocycles. The number of rotatable bonds is 2. The molecule has 0 radical (unpaired) electrons. The van der Waals surface area contributed by atoms with Gasteiger partial charge in [0.05, 0.1) is 5.37 Å². The number of benzene rings is 1. The highest BCUT2D eigenvalue weighted by molar-refractivity contribution is 7.99. The van der Waals surface area contributed by atoms with Crippen LogP contribution in [-0.2, 0) is 4.79 Å². The Bertz CT molecular complexity index is 383. The Morgan fingerprint density at radius 1 is 1.47 bits per heavy atom. The molecule has 4 nitrogen and oxygen atoms in total. The molecule has 80 valence electrons. The fraction of sp³-hybridized carbons (Fsp3) is 0.300. The van der Waals surface area contributed by atoms with Crippen LogP contribution in [0.5, 0.6) is 5.75 Å². The van der Waals surface area contributed by atoms with Crippen molar-refractivity contribution in [3.63, 3.8) is 0 Å². The van der Waals surface area contributed by atoms with Crippen LogP contribution in [0.3, 0.4) is 0 Å². The van der Waals surface area contributed by atoms with Gasteiger partial charge in [0.25, 0.3) is 0 Å². The van der Waals surface area contributed by atoms with Crippen molar-refractivity contribution < 1.29 is 15.0 Å². The van der Waals surface area contributed by atoms with Gasteiger partial charge in [0, 0.05) is 11.3 Å². The topological polar surface area (TPSA) is 69.6 Å². The first-order chi connectivity index (χ1) is 7.18. The molecule has 1 unspecified atom stereocenters. The van der Waals surface area contributed by atoms with E-state index in [0.717, 1.165) is 5.56 Å². The zero-order valence-corrected chi connectivity index (χ0v) is 8.70. The lowest BCUT2D eigenvalue weighted by Crippen LogP contribution is -2.33. The zero-order chi connectivity index (χ0) is 10.8. The monoisotopic (exact) mass is 225 g/mol. The smallest absolute Gasteiger partial charge is 0.321 e. The predicted octanol–water partition coefficient (Wildman–Crippen LogP) is 1.18. The molecule has 1 heterocycles. The number of para-hydroxylation sites is 1. The maximum absolute atomic E-state index is 10.7. The second-order valence-corrected chi connectivity index (χ2v) is 4.47. The number of carboxylic acids is 1. The number of phenols is 1. The van der Waals surface area contributed by atoms with Gasteiger partial charge in [0.15, 0.2) is 0 Å². The van der Waals surface area contributed by atoms with Crippen LogP contribution >= 0.6 is 11.8 Å². The van der Waals surface area contributed by atoms with Gasteiger partial charge in [-0.25, -0.2) is 0 Å². The van der Waals surface area contributed by atoms with Crippen molar-refractivity contribution in [2.75, 3.05) is 5.75 Å². The molecular formula is C10H11NO3S. The lowest BCUT2D eigenvalue weighted by molar-refractivity contribution is -0.138. The molecule has 1 aromatic carbocycles. The number of aromatic hydroxyl groups is 1. The van der Waals surface area contributed by atoms with Gasteiger partial charge in [-0.1, -0.05) is 18.2 Å². The molecule has 0 aromatic heterocycles. The minimum absolute atomic E-state index is 0.132. The molecule has 0 spiro atoms. The van der Waals surface area contributed by atoms with E-state index in [0.29, 0.717) is 5.75 Å². The third-order valence-corrected chi connectivity index (χ3v) is 3.55. The molecule has 0 aliphatic carbocycles. The van der Waals surface area contributed by atoms with E-state index in [2.05, 4.69) is 5.32 Å². The van der Waals surface area contributed by atoms with E-state index in [9.17, 15) is 9.90 Å². The number of aliphatic carboxylic acids is 1. The van der Waals surface area contributed by atoms with Crippen molar-refractivity contribution >= 4 is 17.7 Å². The minimum atomic E-state index is -0.847. The van der Waals surface area contributed by atoms with Crippen LogP contribution in [0.25, 0.3) is 0 Å². The van der Waals surface area contributed by atoms with Crippen LogP contribution in [0.4, 0.5) is 0 Å². The van der Waals surface area contributed by atoms with Crippen molar-refractivity contribution in [2.24, 2.45) is 0 Å². The maximum Gasteiger partial charge on any atom is 0.321 e. The van der Waals surface area contributed by atoms with Gasteiger partial charge >= 0.3 is 5.97 Å². The summed E-state index contributed by atoms with van der Waals surface area (Å²) in [4.78, 5) is 10.7. The van der Waals surface area contributed by atoms with Crippen LogP contribution < -0.4 is 5.32 Å². The molecule has 1 aliphatic rings. The molecule has 2 rings (SSSR count). The Hall–Kier alpha value is -1.20. The summed E-state index contributed by atoms with van der Waals surface area (Å²) in [5.74, 6) is -0.122. The average Bonchev–Trinajstić information content (AvgIpc) is 2.67. The van der Waals surface area contributed by atoms with E-state index in [1.54, 1.807) is 18.2 Å². The third kappa shape index (κ3) is 2.08. The fourth-order valence-electron chi connectivity index (χ4n) is 1.50. The fourth-order valence-corrected chi connectivity index (χ4v) is 2.77. The summed E-state index contributed by atoms with van der Waals surface area (Å²) in [6, 6.07) is 6.44. The van der Waals surface area contributed by atoms with E-state index in [1.165, 1.54) is 11.8 Å². The number of carboxylic acid groups (broad SMARTS) is 1. The van der Waals surface area contributed by atoms with Crippen molar-refractivity contribution in [3.05, 3.63) is 29.8 Å². The Morgan fingerprint density at radius 2 is 2.20 bits per heavy atom. The number of hydrogen-bond acceptors (Lipinski definition) is 4. The van der Waals surface area contributed by atoms with E-state index >= 15 is 0 Å². The lowest BCUT2D eigenvalue weighted by Gasteiger charge is -2.12. The van der Waals surface area contributed by atoms with Crippen LogP contribution in [0, 0.1) is 0 Å². The molecule has 0 saturated carbocycles. The Morgan fingerprint density at radius 3 is 2.80 bits per heavy atom. The lowest BCUT2D eigenvalue weighted by atomic mass is 10.2. The van der Waals surface area contributed by atoms with Crippen molar-refractivity contribution in [3.8, 4) is 5.75 Å². The van der Waals surface area contributed by atoms with Gasteiger partial charge in [0.2, 0.25) is 0 Å². The number of nitrogens with one attached hydrogen (secondary N) is 1. The van der Waals surface area contributed by atoms with Crippen LogP contribution in [-0.4, -0.2) is 28.0 Å².